The lowest BCUT2D eigenvalue weighted by Crippen LogP contribution is -2.19. The molecule has 3 aromatic rings. The minimum absolute atomic E-state index is 0.357. The second kappa shape index (κ2) is 14.3. The number of nitrogens with zero attached hydrogens (tertiary/aromatic N) is 2. The van der Waals surface area contributed by atoms with E-state index in [2.05, 4.69) is 42.8 Å². The minimum atomic E-state index is 0.357. The van der Waals surface area contributed by atoms with Gasteiger partial charge in [0.2, 0.25) is 0 Å². The number of fused-ring (bicyclic) bond motifs is 1. The fourth-order valence-corrected chi connectivity index (χ4v) is 5.73. The highest BCUT2D eigenvalue weighted by Crippen LogP contribution is 2.39. The molecule has 1 aromatic carbocycles. The lowest BCUT2D eigenvalue weighted by atomic mass is 9.79. The summed E-state index contributed by atoms with van der Waals surface area (Å²) in [6.07, 6.45) is 11.9. The summed E-state index contributed by atoms with van der Waals surface area (Å²) in [5.41, 5.74) is 8.95. The van der Waals surface area contributed by atoms with E-state index in [1.54, 1.807) is 0 Å². The molecule has 1 aliphatic carbocycles. The molecule has 3 heterocycles. The van der Waals surface area contributed by atoms with E-state index in [0.29, 0.717) is 24.8 Å². The van der Waals surface area contributed by atoms with Gasteiger partial charge in [-0.05, 0) is 69.2 Å². The number of allylic oxidation sites excluding steroid dienone is 2. The number of pyridine rings is 1. The Kier molecular flexibility index (Phi) is 11.2. The second-order valence-corrected chi connectivity index (χ2v) is 10.4. The molecule has 0 amide bonds. The van der Waals surface area contributed by atoms with Gasteiger partial charge in [0.1, 0.15) is 11.9 Å². The molecule has 2 fully saturated rings. The van der Waals surface area contributed by atoms with E-state index in [-0.39, 0.29) is 0 Å². The number of hydrogen-bond donors (Lipinski definition) is 1. The maximum Gasteiger partial charge on any atom is 0.150 e. The van der Waals surface area contributed by atoms with Crippen LogP contribution in [0, 0.1) is 11.3 Å². The summed E-state index contributed by atoms with van der Waals surface area (Å²) in [4.78, 5) is 16.6. The molecule has 0 bridgehead atoms. The van der Waals surface area contributed by atoms with Gasteiger partial charge >= 0.3 is 0 Å². The molecule has 2 aliphatic rings. The molecule has 0 atom stereocenters. The molecule has 0 unspecified atom stereocenters. The number of halogens is 1. The average Bonchev–Trinajstić information content (AvgIpc) is 3.31. The van der Waals surface area contributed by atoms with Gasteiger partial charge in [-0.1, -0.05) is 50.8 Å². The number of carbonyl (C=O) groups excluding carboxylic acids is 1. The standard InChI is InChI=1S/C30H35N3O2.C2H6.CH3F/c1-19(2)29(20(3)31)24-15-27-28(17-33(30(27)32-16-24)25-9-11-35-12-10-25)26-8-7-22(18-34)14-23(26)13-21-5-4-6-21;2*1-2/h7-8,14-18,21,25,31H,4-6,9-13H2,1-3H3;1-2H3;1H3. The van der Waals surface area contributed by atoms with Crippen LogP contribution in [0.25, 0.3) is 27.7 Å². The Labute approximate surface area is 233 Å². The third kappa shape index (κ3) is 6.73. The van der Waals surface area contributed by atoms with Crippen molar-refractivity contribution in [1.82, 2.24) is 9.55 Å². The maximum atomic E-state index is 11.6. The Morgan fingerprint density at radius 2 is 1.77 bits per heavy atom. The SMILES string of the molecule is CC.CC(=N)C(=C(C)C)c1cnc2c(c1)c(-c1ccc(C=O)cc1CC1CCC1)cn2C1CCOCC1.CF. The van der Waals surface area contributed by atoms with Crippen molar-refractivity contribution in [1.29, 1.82) is 5.41 Å². The molecule has 5 rings (SSSR count). The van der Waals surface area contributed by atoms with Crippen molar-refractivity contribution in [2.24, 2.45) is 5.92 Å². The van der Waals surface area contributed by atoms with E-state index >= 15 is 0 Å². The fourth-order valence-electron chi connectivity index (χ4n) is 5.73. The molecule has 2 aromatic heterocycles. The van der Waals surface area contributed by atoms with E-state index in [1.165, 1.54) is 36.0 Å². The Hall–Kier alpha value is -3.12. The van der Waals surface area contributed by atoms with Crippen LogP contribution >= 0.6 is 0 Å². The second-order valence-electron chi connectivity index (χ2n) is 10.4. The Morgan fingerprint density at radius 3 is 2.33 bits per heavy atom. The first kappa shape index (κ1) is 30.4. The van der Waals surface area contributed by atoms with Crippen LogP contribution in [0.5, 0.6) is 0 Å². The summed E-state index contributed by atoms with van der Waals surface area (Å²) in [5.74, 6) is 0.700. The number of aromatic nitrogens is 2. The van der Waals surface area contributed by atoms with Gasteiger partial charge in [-0.15, -0.1) is 0 Å². The largest absolute Gasteiger partial charge is 0.381 e. The van der Waals surface area contributed by atoms with Crippen molar-refractivity contribution in [3.63, 3.8) is 0 Å². The van der Waals surface area contributed by atoms with Crippen LogP contribution in [0.15, 0.2) is 42.2 Å². The summed E-state index contributed by atoms with van der Waals surface area (Å²) in [6, 6.07) is 8.71. The zero-order valence-corrected chi connectivity index (χ0v) is 24.4. The van der Waals surface area contributed by atoms with Crippen molar-refractivity contribution in [2.75, 3.05) is 20.4 Å². The molecule has 6 heteroatoms. The average molecular weight is 534 g/mol. The molecule has 0 spiro atoms. The van der Waals surface area contributed by atoms with Crippen molar-refractivity contribution in [3.8, 4) is 11.1 Å². The lowest BCUT2D eigenvalue weighted by molar-refractivity contribution is 0.0706. The maximum absolute atomic E-state index is 11.6. The van der Waals surface area contributed by atoms with E-state index in [4.69, 9.17) is 15.1 Å². The molecular weight excluding hydrogens is 489 g/mol. The summed E-state index contributed by atoms with van der Waals surface area (Å²) in [6.45, 7) is 11.5. The molecule has 1 saturated carbocycles. The third-order valence-corrected chi connectivity index (χ3v) is 7.71. The van der Waals surface area contributed by atoms with E-state index in [9.17, 15) is 9.18 Å². The fraction of sp³-hybridized carbons (Fsp3) is 0.485. The zero-order chi connectivity index (χ0) is 28.5. The highest BCUT2D eigenvalue weighted by molar-refractivity contribution is 6.22. The minimum Gasteiger partial charge on any atom is -0.381 e. The van der Waals surface area contributed by atoms with Gasteiger partial charge in [-0.3, -0.25) is 9.18 Å². The highest BCUT2D eigenvalue weighted by Gasteiger charge is 2.24. The predicted octanol–water partition coefficient (Wildman–Crippen LogP) is 8.65. The number of nitrogens with one attached hydrogen (secondary N) is 1. The van der Waals surface area contributed by atoms with Gasteiger partial charge < -0.3 is 14.7 Å². The first-order valence-corrected chi connectivity index (χ1v) is 14.2. The van der Waals surface area contributed by atoms with Gasteiger partial charge in [0, 0.05) is 65.0 Å². The number of hydrogen-bond acceptors (Lipinski definition) is 4. The first-order chi connectivity index (χ1) is 19.0. The quantitative estimate of drug-likeness (QED) is 0.244. The van der Waals surface area contributed by atoms with Gasteiger partial charge in [0.25, 0.3) is 0 Å². The van der Waals surface area contributed by atoms with E-state index < -0.39 is 0 Å². The number of carbonyl (C=O) groups is 1. The van der Waals surface area contributed by atoms with Crippen molar-refractivity contribution in [2.45, 2.75) is 79.2 Å². The Balaban J connectivity index is 0.00000100. The monoisotopic (exact) mass is 533 g/mol. The normalized spacial score (nSPS) is 15.4. The summed E-state index contributed by atoms with van der Waals surface area (Å²) < 4.78 is 17.5. The number of ether oxygens (including phenoxy) is 1. The van der Waals surface area contributed by atoms with Crippen molar-refractivity contribution in [3.05, 3.63) is 58.9 Å². The van der Waals surface area contributed by atoms with Crippen LogP contribution in [0.4, 0.5) is 4.39 Å². The summed E-state index contributed by atoms with van der Waals surface area (Å²) in [7, 11) is 0.500. The highest BCUT2D eigenvalue weighted by atomic mass is 19.1. The topological polar surface area (TPSA) is 68.0 Å². The van der Waals surface area contributed by atoms with Crippen molar-refractivity contribution >= 4 is 28.6 Å². The summed E-state index contributed by atoms with van der Waals surface area (Å²) in [5, 5.41) is 9.47. The zero-order valence-electron chi connectivity index (χ0n) is 24.4. The molecule has 0 radical (unpaired) electrons. The van der Waals surface area contributed by atoms with E-state index in [1.807, 2.05) is 33.0 Å². The van der Waals surface area contributed by atoms with Crippen LogP contribution in [-0.2, 0) is 11.2 Å². The molecule has 1 saturated heterocycles. The predicted molar refractivity (Wildman–Crippen MR) is 161 cm³/mol. The van der Waals surface area contributed by atoms with E-state index in [0.717, 1.165) is 72.1 Å². The van der Waals surface area contributed by atoms with Crippen LogP contribution in [0.2, 0.25) is 0 Å². The smallest absolute Gasteiger partial charge is 0.150 e. The molecule has 39 heavy (non-hydrogen) atoms. The molecule has 1 aliphatic heterocycles. The number of aldehydes is 1. The number of rotatable bonds is 7. The molecule has 210 valence electrons. The number of benzene rings is 1. The van der Waals surface area contributed by atoms with Gasteiger partial charge in [-0.2, -0.15) is 0 Å². The van der Waals surface area contributed by atoms with Gasteiger partial charge in [0.05, 0.1) is 7.18 Å². The number of alkyl halides is 1. The first-order valence-electron chi connectivity index (χ1n) is 14.2. The molecular formula is C33H44FN3O2. The van der Waals surface area contributed by atoms with Crippen LogP contribution in [0.3, 0.4) is 0 Å². The summed E-state index contributed by atoms with van der Waals surface area (Å²) >= 11 is 0. The van der Waals surface area contributed by atoms with Crippen LogP contribution in [0.1, 0.15) is 94.2 Å². The van der Waals surface area contributed by atoms with Crippen molar-refractivity contribution < 1.29 is 13.9 Å². The Morgan fingerprint density at radius 1 is 1.08 bits per heavy atom. The van der Waals surface area contributed by atoms with Crippen LogP contribution < -0.4 is 0 Å². The third-order valence-electron chi connectivity index (χ3n) is 7.71. The molecule has 1 N–H and O–H groups in total. The Bertz CT molecular complexity index is 1310. The molecule has 5 nitrogen and oxygen atoms in total. The van der Waals surface area contributed by atoms with Crippen LogP contribution in [-0.4, -0.2) is 41.9 Å². The van der Waals surface area contributed by atoms with Gasteiger partial charge in [0.15, 0.2) is 0 Å². The van der Waals surface area contributed by atoms with Gasteiger partial charge in [-0.25, -0.2) is 4.98 Å². The lowest BCUT2D eigenvalue weighted by Gasteiger charge is -2.26.